The first kappa shape index (κ1) is 19.2. The normalized spacial score (nSPS) is 10.3. The van der Waals surface area contributed by atoms with Crippen molar-refractivity contribution in [2.45, 2.75) is 39.3 Å². The maximum Gasteiger partial charge on any atom is 0.145 e. The summed E-state index contributed by atoms with van der Waals surface area (Å²) in [6.07, 6.45) is 6.69. The number of nitrogens with zero attached hydrogens (tertiary/aromatic N) is 4. The first-order chi connectivity index (χ1) is 12.5. The minimum atomic E-state index is 0.522. The Balaban J connectivity index is 0.000000190. The van der Waals surface area contributed by atoms with Crippen LogP contribution in [-0.4, -0.2) is 19.6 Å². The Kier molecular flexibility index (Phi) is 6.90. The van der Waals surface area contributed by atoms with Gasteiger partial charge < -0.3 is 22.9 Å². The summed E-state index contributed by atoms with van der Waals surface area (Å²) in [5.74, 6) is 1.11. The van der Waals surface area contributed by atoms with E-state index < -0.39 is 0 Å². The highest BCUT2D eigenvalue weighted by molar-refractivity contribution is 5.57. The quantitative estimate of drug-likeness (QED) is 0.500. The van der Waals surface area contributed by atoms with Crippen LogP contribution in [0.4, 0.5) is 23.0 Å². The largest absolute Gasteiger partial charge is 0.394 e. The molecule has 0 saturated heterocycles. The molecule has 3 rings (SSSR count). The van der Waals surface area contributed by atoms with Gasteiger partial charge >= 0.3 is 0 Å². The molecule has 8 heteroatoms. The number of unbranched alkanes of at least 4 members (excludes halogenated alkanes) is 2. The average Bonchev–Trinajstić information content (AvgIpc) is 3.14. The molecule has 0 saturated carbocycles. The molecule has 0 bridgehead atoms. The van der Waals surface area contributed by atoms with E-state index >= 15 is 0 Å². The van der Waals surface area contributed by atoms with Crippen molar-refractivity contribution < 1.29 is 0 Å². The van der Waals surface area contributed by atoms with Crippen LogP contribution in [-0.2, 0) is 13.1 Å². The SMILES string of the molecule is CCCCCn1ncc(N)c1N.Nc1cnn(Cc2ccccc2)c1N. The fraction of sp³-hybridized carbons (Fsp3) is 0.333. The molecule has 2 aromatic heterocycles. The molecule has 0 fully saturated rings. The molecule has 0 unspecified atom stereocenters. The van der Waals surface area contributed by atoms with Gasteiger partial charge in [-0.15, -0.1) is 0 Å². The molecule has 0 atom stereocenters. The first-order valence-corrected chi connectivity index (χ1v) is 8.70. The molecule has 1 aromatic carbocycles. The Morgan fingerprint density at radius 3 is 1.88 bits per heavy atom. The van der Waals surface area contributed by atoms with Crippen LogP contribution in [0.1, 0.15) is 31.7 Å². The second-order valence-corrected chi connectivity index (χ2v) is 6.04. The molecular formula is C18H28N8. The number of aryl methyl sites for hydroxylation is 1. The smallest absolute Gasteiger partial charge is 0.145 e. The number of anilines is 4. The zero-order valence-corrected chi connectivity index (χ0v) is 15.2. The van der Waals surface area contributed by atoms with Gasteiger partial charge in [-0.2, -0.15) is 10.2 Å². The van der Waals surface area contributed by atoms with Gasteiger partial charge in [0.25, 0.3) is 0 Å². The third-order valence-electron chi connectivity index (χ3n) is 3.97. The van der Waals surface area contributed by atoms with Crippen LogP contribution >= 0.6 is 0 Å². The van der Waals surface area contributed by atoms with Crippen LogP contribution in [0.3, 0.4) is 0 Å². The van der Waals surface area contributed by atoms with Gasteiger partial charge in [0.2, 0.25) is 0 Å². The fourth-order valence-electron chi connectivity index (χ4n) is 2.39. The van der Waals surface area contributed by atoms with Crippen LogP contribution in [0.5, 0.6) is 0 Å². The van der Waals surface area contributed by atoms with Gasteiger partial charge in [0.1, 0.15) is 11.6 Å². The van der Waals surface area contributed by atoms with E-state index in [0.717, 1.165) is 18.5 Å². The van der Waals surface area contributed by atoms with Crippen molar-refractivity contribution in [3.8, 4) is 0 Å². The summed E-state index contributed by atoms with van der Waals surface area (Å²) in [6, 6.07) is 10.00. The third kappa shape index (κ3) is 5.17. The van der Waals surface area contributed by atoms with Crippen molar-refractivity contribution in [3.63, 3.8) is 0 Å². The van der Waals surface area contributed by atoms with Crippen molar-refractivity contribution in [2.75, 3.05) is 22.9 Å². The number of hydrogen-bond acceptors (Lipinski definition) is 6. The first-order valence-electron chi connectivity index (χ1n) is 8.70. The van der Waals surface area contributed by atoms with Gasteiger partial charge in [0.15, 0.2) is 0 Å². The summed E-state index contributed by atoms with van der Waals surface area (Å²) in [5.41, 5.74) is 24.8. The second-order valence-electron chi connectivity index (χ2n) is 6.04. The monoisotopic (exact) mass is 356 g/mol. The molecule has 2 heterocycles. The summed E-state index contributed by atoms with van der Waals surface area (Å²) in [7, 11) is 0. The number of hydrogen-bond donors (Lipinski definition) is 4. The molecule has 8 nitrogen and oxygen atoms in total. The Hall–Kier alpha value is -3.16. The predicted octanol–water partition coefficient (Wildman–Crippen LogP) is 2.33. The van der Waals surface area contributed by atoms with Crippen molar-refractivity contribution in [1.29, 1.82) is 0 Å². The number of benzene rings is 1. The lowest BCUT2D eigenvalue weighted by molar-refractivity contribution is 0.559. The summed E-state index contributed by atoms with van der Waals surface area (Å²) in [4.78, 5) is 0. The molecule has 0 spiro atoms. The van der Waals surface area contributed by atoms with Gasteiger partial charge in [-0.1, -0.05) is 50.1 Å². The predicted molar refractivity (Wildman–Crippen MR) is 107 cm³/mol. The molecule has 0 aliphatic heterocycles. The van der Waals surface area contributed by atoms with Crippen LogP contribution in [0, 0.1) is 0 Å². The van der Waals surface area contributed by atoms with Crippen LogP contribution in [0.2, 0.25) is 0 Å². The van der Waals surface area contributed by atoms with E-state index in [9.17, 15) is 0 Å². The minimum Gasteiger partial charge on any atom is -0.394 e. The van der Waals surface area contributed by atoms with Crippen LogP contribution in [0.25, 0.3) is 0 Å². The van der Waals surface area contributed by atoms with E-state index in [1.165, 1.54) is 12.8 Å². The number of nitrogen functional groups attached to an aromatic ring is 4. The summed E-state index contributed by atoms with van der Waals surface area (Å²) in [6.45, 7) is 3.70. The van der Waals surface area contributed by atoms with E-state index in [-0.39, 0.29) is 0 Å². The number of nitrogens with two attached hydrogens (primary N) is 4. The fourth-order valence-corrected chi connectivity index (χ4v) is 2.39. The number of rotatable bonds is 6. The topological polar surface area (TPSA) is 140 Å². The zero-order chi connectivity index (χ0) is 18.9. The van der Waals surface area contributed by atoms with Gasteiger partial charge in [-0.3, -0.25) is 0 Å². The summed E-state index contributed by atoms with van der Waals surface area (Å²) < 4.78 is 3.44. The van der Waals surface area contributed by atoms with Crippen molar-refractivity contribution in [3.05, 3.63) is 48.3 Å². The van der Waals surface area contributed by atoms with Crippen molar-refractivity contribution in [1.82, 2.24) is 19.6 Å². The van der Waals surface area contributed by atoms with Crippen LogP contribution in [0.15, 0.2) is 42.7 Å². The Labute approximate surface area is 153 Å². The van der Waals surface area contributed by atoms with E-state index in [0.29, 0.717) is 29.6 Å². The molecule has 140 valence electrons. The lowest BCUT2D eigenvalue weighted by Gasteiger charge is -2.03. The highest BCUT2D eigenvalue weighted by Crippen LogP contribution is 2.14. The third-order valence-corrected chi connectivity index (χ3v) is 3.97. The van der Waals surface area contributed by atoms with Crippen molar-refractivity contribution >= 4 is 23.0 Å². The summed E-state index contributed by atoms with van der Waals surface area (Å²) >= 11 is 0. The molecule has 8 N–H and O–H groups in total. The Bertz CT molecular complexity index is 791. The van der Waals surface area contributed by atoms with Gasteiger partial charge in [-0.25, -0.2) is 9.36 Å². The molecule has 26 heavy (non-hydrogen) atoms. The Morgan fingerprint density at radius 2 is 1.38 bits per heavy atom. The summed E-state index contributed by atoms with van der Waals surface area (Å²) in [5, 5.41) is 8.13. The molecule has 0 radical (unpaired) electrons. The molecule has 0 aliphatic rings. The molecular weight excluding hydrogens is 328 g/mol. The van der Waals surface area contributed by atoms with E-state index in [2.05, 4.69) is 17.1 Å². The lowest BCUT2D eigenvalue weighted by atomic mass is 10.2. The number of aromatic nitrogens is 4. The maximum atomic E-state index is 5.73. The maximum absolute atomic E-state index is 5.73. The highest BCUT2D eigenvalue weighted by atomic mass is 15.3. The molecule has 0 aliphatic carbocycles. The van der Waals surface area contributed by atoms with E-state index in [1.807, 2.05) is 30.3 Å². The lowest BCUT2D eigenvalue weighted by Crippen LogP contribution is -2.06. The van der Waals surface area contributed by atoms with Gasteiger partial charge in [-0.05, 0) is 12.0 Å². The van der Waals surface area contributed by atoms with E-state index in [4.69, 9.17) is 22.9 Å². The Morgan fingerprint density at radius 1 is 0.808 bits per heavy atom. The van der Waals surface area contributed by atoms with Gasteiger partial charge in [0.05, 0.1) is 30.3 Å². The van der Waals surface area contributed by atoms with E-state index in [1.54, 1.807) is 21.8 Å². The molecule has 3 aromatic rings. The zero-order valence-electron chi connectivity index (χ0n) is 15.2. The standard InChI is InChI=1S/C10H12N4.C8H16N4/c11-9-6-13-14(10(9)12)7-8-4-2-1-3-5-8;1-2-3-4-5-12-8(10)7(9)6-11-12/h1-6H,7,11-12H2;6H,2-5,9-10H2,1H3. The second kappa shape index (κ2) is 9.36. The van der Waals surface area contributed by atoms with Gasteiger partial charge in [0, 0.05) is 6.54 Å². The van der Waals surface area contributed by atoms with Crippen LogP contribution < -0.4 is 22.9 Å². The average molecular weight is 356 g/mol. The van der Waals surface area contributed by atoms with Crippen molar-refractivity contribution in [2.24, 2.45) is 0 Å². The highest BCUT2D eigenvalue weighted by Gasteiger charge is 2.03. The minimum absolute atomic E-state index is 0.522. The molecule has 0 amide bonds.